The number of hydrogen-bond acceptors (Lipinski definition) is 7. The molecule has 10 heteroatoms. The van der Waals surface area contributed by atoms with Crippen LogP contribution in [0.3, 0.4) is 0 Å². The highest BCUT2D eigenvalue weighted by molar-refractivity contribution is 6.53. The number of nitrogens with zero attached hydrogens (tertiary/aromatic N) is 1. The van der Waals surface area contributed by atoms with Gasteiger partial charge >= 0.3 is 5.97 Å². The molecule has 0 bridgehead atoms. The molecule has 3 aromatic carbocycles. The Kier molecular flexibility index (Phi) is 8.08. The molecule has 0 saturated heterocycles. The first kappa shape index (κ1) is 26.4. The standard InChI is InChI=1S/C28H24ClN3O6/c1-3-14-38-28(36)17-10-12-21(13-11-17)32-26(34)23(29)24(27(32)35)30-19-7-4-6-18(15-19)25(33)31-20-8-5-9-22(16-20)37-2/h4-13,15-16,30H,3,14H2,1-2H3,(H,31,33). The molecular weight excluding hydrogens is 510 g/mol. The minimum Gasteiger partial charge on any atom is -0.497 e. The number of hydrogen-bond donors (Lipinski definition) is 2. The van der Waals surface area contributed by atoms with Crippen molar-refractivity contribution < 1.29 is 28.7 Å². The summed E-state index contributed by atoms with van der Waals surface area (Å²) in [7, 11) is 1.53. The molecule has 1 aliphatic rings. The van der Waals surface area contributed by atoms with Crippen LogP contribution in [0.1, 0.15) is 34.1 Å². The number of halogens is 1. The van der Waals surface area contributed by atoms with Crippen LogP contribution in [0.15, 0.2) is 83.5 Å². The number of imide groups is 1. The summed E-state index contributed by atoms with van der Waals surface area (Å²) in [6, 6.07) is 19.2. The van der Waals surface area contributed by atoms with Crippen molar-refractivity contribution >= 4 is 52.4 Å². The Bertz CT molecular complexity index is 1430. The second kappa shape index (κ2) is 11.6. The molecule has 0 fully saturated rings. The summed E-state index contributed by atoms with van der Waals surface area (Å²) >= 11 is 6.24. The molecule has 3 amide bonds. The van der Waals surface area contributed by atoms with Gasteiger partial charge in [-0.15, -0.1) is 0 Å². The topological polar surface area (TPSA) is 114 Å². The summed E-state index contributed by atoms with van der Waals surface area (Å²) < 4.78 is 10.3. The van der Waals surface area contributed by atoms with Crippen molar-refractivity contribution in [3.63, 3.8) is 0 Å². The number of nitrogens with one attached hydrogen (secondary N) is 2. The maximum absolute atomic E-state index is 13.1. The van der Waals surface area contributed by atoms with Gasteiger partial charge in [0.05, 0.1) is 25.0 Å². The number of esters is 1. The lowest BCUT2D eigenvalue weighted by Gasteiger charge is -2.15. The maximum atomic E-state index is 13.1. The number of methoxy groups -OCH3 is 1. The number of carbonyl (C=O) groups is 4. The molecule has 3 aromatic rings. The molecule has 0 atom stereocenters. The van der Waals surface area contributed by atoms with E-state index in [0.717, 1.165) is 4.90 Å². The van der Waals surface area contributed by atoms with Crippen LogP contribution < -0.4 is 20.3 Å². The lowest BCUT2D eigenvalue weighted by molar-refractivity contribution is -0.120. The smallest absolute Gasteiger partial charge is 0.338 e. The van der Waals surface area contributed by atoms with Crippen LogP contribution in [0.2, 0.25) is 0 Å². The monoisotopic (exact) mass is 533 g/mol. The molecule has 0 aliphatic carbocycles. The summed E-state index contributed by atoms with van der Waals surface area (Å²) in [5.74, 6) is -1.67. The molecule has 9 nitrogen and oxygen atoms in total. The Labute approximate surface area is 224 Å². The molecule has 0 saturated carbocycles. The van der Waals surface area contributed by atoms with Gasteiger partial charge in [-0.2, -0.15) is 0 Å². The lowest BCUT2D eigenvalue weighted by atomic mass is 10.1. The second-order valence-electron chi connectivity index (χ2n) is 8.21. The van der Waals surface area contributed by atoms with E-state index in [1.165, 1.54) is 37.4 Å². The number of benzene rings is 3. The van der Waals surface area contributed by atoms with Gasteiger partial charge < -0.3 is 20.1 Å². The average Bonchev–Trinajstić information content (AvgIpc) is 3.14. The fraction of sp³-hybridized carbons (Fsp3) is 0.143. The van der Waals surface area contributed by atoms with Crippen LogP contribution in [0.4, 0.5) is 17.1 Å². The van der Waals surface area contributed by atoms with Gasteiger partial charge in [-0.25, -0.2) is 9.69 Å². The highest BCUT2D eigenvalue weighted by atomic mass is 35.5. The normalized spacial score (nSPS) is 13.0. The number of amides is 3. The molecule has 4 rings (SSSR count). The van der Waals surface area contributed by atoms with Gasteiger partial charge in [0.25, 0.3) is 17.7 Å². The van der Waals surface area contributed by atoms with Crippen LogP contribution in [0, 0.1) is 0 Å². The van der Waals surface area contributed by atoms with Gasteiger partial charge in [0.1, 0.15) is 16.5 Å². The summed E-state index contributed by atoms with van der Waals surface area (Å²) in [4.78, 5) is 51.7. The van der Waals surface area contributed by atoms with E-state index in [9.17, 15) is 19.2 Å². The lowest BCUT2D eigenvalue weighted by Crippen LogP contribution is -2.32. The third-order valence-electron chi connectivity index (χ3n) is 5.55. The van der Waals surface area contributed by atoms with E-state index in [-0.39, 0.29) is 22.3 Å². The van der Waals surface area contributed by atoms with Crippen molar-refractivity contribution in [1.82, 2.24) is 0 Å². The Hall–Kier alpha value is -4.63. The summed E-state index contributed by atoms with van der Waals surface area (Å²) in [5.41, 5.74) is 1.65. The fourth-order valence-electron chi connectivity index (χ4n) is 3.66. The van der Waals surface area contributed by atoms with Gasteiger partial charge in [-0.3, -0.25) is 14.4 Å². The van der Waals surface area contributed by atoms with Gasteiger partial charge in [-0.05, 0) is 61.0 Å². The van der Waals surface area contributed by atoms with Crippen LogP contribution in [-0.4, -0.2) is 37.4 Å². The maximum Gasteiger partial charge on any atom is 0.338 e. The van der Waals surface area contributed by atoms with Crippen LogP contribution in [0.5, 0.6) is 5.75 Å². The van der Waals surface area contributed by atoms with Gasteiger partial charge in [0.2, 0.25) is 0 Å². The first-order chi connectivity index (χ1) is 18.3. The number of anilines is 3. The second-order valence-corrected chi connectivity index (χ2v) is 8.59. The van der Waals surface area contributed by atoms with Crippen LogP contribution in [0.25, 0.3) is 0 Å². The van der Waals surface area contributed by atoms with Crippen molar-refractivity contribution in [3.05, 3.63) is 94.7 Å². The van der Waals surface area contributed by atoms with E-state index in [0.29, 0.717) is 41.3 Å². The number of ether oxygens (including phenoxy) is 2. The predicted molar refractivity (Wildman–Crippen MR) is 143 cm³/mol. The largest absolute Gasteiger partial charge is 0.497 e. The van der Waals surface area contributed by atoms with Crippen molar-refractivity contribution in [2.45, 2.75) is 13.3 Å². The molecule has 0 unspecified atom stereocenters. The summed E-state index contributed by atoms with van der Waals surface area (Å²) in [5, 5.41) is 5.35. The number of rotatable bonds is 9. The average molecular weight is 534 g/mol. The van der Waals surface area contributed by atoms with Gasteiger partial charge in [0, 0.05) is 23.0 Å². The quantitative estimate of drug-likeness (QED) is 0.295. The minimum atomic E-state index is -0.715. The predicted octanol–water partition coefficient (Wildman–Crippen LogP) is 4.95. The third kappa shape index (κ3) is 5.68. The van der Waals surface area contributed by atoms with E-state index >= 15 is 0 Å². The Morgan fingerprint density at radius 3 is 2.32 bits per heavy atom. The molecule has 2 N–H and O–H groups in total. The fourth-order valence-corrected chi connectivity index (χ4v) is 3.87. The molecule has 1 heterocycles. The summed E-state index contributed by atoms with van der Waals surface area (Å²) in [6.07, 6.45) is 0.691. The zero-order valence-corrected chi connectivity index (χ0v) is 21.4. The molecule has 38 heavy (non-hydrogen) atoms. The molecule has 0 spiro atoms. The van der Waals surface area contributed by atoms with E-state index in [1.54, 1.807) is 42.5 Å². The van der Waals surface area contributed by atoms with Crippen molar-refractivity contribution in [1.29, 1.82) is 0 Å². The number of carbonyl (C=O) groups excluding carboxylic acids is 4. The van der Waals surface area contributed by atoms with Crippen molar-refractivity contribution in [3.8, 4) is 5.75 Å². The first-order valence-electron chi connectivity index (χ1n) is 11.7. The van der Waals surface area contributed by atoms with E-state index < -0.39 is 17.8 Å². The van der Waals surface area contributed by atoms with E-state index in [2.05, 4.69) is 10.6 Å². The van der Waals surface area contributed by atoms with Crippen LogP contribution >= 0.6 is 11.6 Å². The van der Waals surface area contributed by atoms with E-state index in [1.807, 2.05) is 6.92 Å². The van der Waals surface area contributed by atoms with E-state index in [4.69, 9.17) is 21.1 Å². The van der Waals surface area contributed by atoms with Gasteiger partial charge in [-0.1, -0.05) is 30.7 Å². The third-order valence-corrected chi connectivity index (χ3v) is 5.90. The Balaban J connectivity index is 1.48. The summed E-state index contributed by atoms with van der Waals surface area (Å²) in [6.45, 7) is 2.18. The van der Waals surface area contributed by atoms with Crippen molar-refractivity contribution in [2.75, 3.05) is 29.3 Å². The highest BCUT2D eigenvalue weighted by Crippen LogP contribution is 2.30. The molecule has 194 valence electrons. The zero-order chi connectivity index (χ0) is 27.2. The van der Waals surface area contributed by atoms with Gasteiger partial charge in [0.15, 0.2) is 0 Å². The van der Waals surface area contributed by atoms with Crippen LogP contribution in [-0.2, 0) is 14.3 Å². The SMILES string of the molecule is CCCOC(=O)c1ccc(N2C(=O)C(Cl)=C(Nc3cccc(C(=O)Nc4cccc(OC)c4)c3)C2=O)cc1. The molecule has 1 aliphatic heterocycles. The molecular formula is C28H24ClN3O6. The first-order valence-corrected chi connectivity index (χ1v) is 12.1. The minimum absolute atomic E-state index is 0.131. The molecule has 0 radical (unpaired) electrons. The highest BCUT2D eigenvalue weighted by Gasteiger charge is 2.39. The zero-order valence-electron chi connectivity index (χ0n) is 20.6. The molecule has 0 aromatic heterocycles. The Morgan fingerprint density at radius 2 is 1.61 bits per heavy atom. The Morgan fingerprint density at radius 1 is 0.895 bits per heavy atom. The van der Waals surface area contributed by atoms with Crippen molar-refractivity contribution in [2.24, 2.45) is 0 Å².